The summed E-state index contributed by atoms with van der Waals surface area (Å²) in [6.45, 7) is 3.69. The van der Waals surface area contributed by atoms with Crippen LogP contribution < -0.4 is 5.32 Å². The first-order valence-corrected chi connectivity index (χ1v) is 11.5. The molecule has 4 rings (SSSR count). The molecule has 2 N–H and O–H groups in total. The Morgan fingerprint density at radius 3 is 2.14 bits per heavy atom. The number of nitrogens with one attached hydrogen (secondary N) is 1. The fraction of sp³-hybridized carbons (Fsp3) is 0.250. The van der Waals surface area contributed by atoms with Gasteiger partial charge in [0.05, 0.1) is 0 Å². The van der Waals surface area contributed by atoms with Crippen molar-refractivity contribution in [2.24, 2.45) is 0 Å². The van der Waals surface area contributed by atoms with Gasteiger partial charge in [0.2, 0.25) is 0 Å². The molecule has 3 aromatic rings. The summed E-state index contributed by atoms with van der Waals surface area (Å²) in [5, 5.41) is 12.1. The van der Waals surface area contributed by atoms with E-state index in [0.29, 0.717) is 23.2 Å². The summed E-state index contributed by atoms with van der Waals surface area (Å²) >= 11 is 0. The summed E-state index contributed by atoms with van der Waals surface area (Å²) in [4.78, 5) is 37.9. The second kappa shape index (κ2) is 10.0. The van der Waals surface area contributed by atoms with Crippen molar-refractivity contribution in [1.29, 1.82) is 0 Å². The highest BCUT2D eigenvalue weighted by molar-refractivity contribution is 5.97. The minimum absolute atomic E-state index is 0.0365. The predicted molar refractivity (Wildman–Crippen MR) is 134 cm³/mol. The molecule has 0 radical (unpaired) electrons. The largest absolute Gasteiger partial charge is 0.480 e. The van der Waals surface area contributed by atoms with E-state index in [1.54, 1.807) is 32.0 Å². The number of hydrogen-bond acceptors (Lipinski definition) is 4. The molecule has 180 valence electrons. The Morgan fingerprint density at radius 2 is 1.60 bits per heavy atom. The Bertz CT molecular complexity index is 1240. The van der Waals surface area contributed by atoms with Crippen molar-refractivity contribution in [1.82, 2.24) is 4.90 Å². The molecule has 1 aliphatic rings. The number of benzene rings is 3. The van der Waals surface area contributed by atoms with Crippen molar-refractivity contribution >= 4 is 23.7 Å². The first-order valence-electron chi connectivity index (χ1n) is 11.5. The number of anilines is 1. The zero-order valence-electron chi connectivity index (χ0n) is 19.9. The summed E-state index contributed by atoms with van der Waals surface area (Å²) in [5.74, 6) is -1.48. The van der Waals surface area contributed by atoms with Gasteiger partial charge in [0.15, 0.2) is 0 Å². The quantitative estimate of drug-likeness (QED) is 0.487. The van der Waals surface area contributed by atoms with Crippen LogP contribution in [0.5, 0.6) is 0 Å². The maximum Gasteiger partial charge on any atom is 0.411 e. The third kappa shape index (κ3) is 4.75. The molecule has 0 aromatic heterocycles. The number of nitrogens with zero attached hydrogens (tertiary/aromatic N) is 1. The maximum absolute atomic E-state index is 12.7. The smallest absolute Gasteiger partial charge is 0.411 e. The molecule has 1 aliphatic carbocycles. The van der Waals surface area contributed by atoms with Gasteiger partial charge in [-0.05, 0) is 59.4 Å². The Hall–Kier alpha value is -4.13. The first kappa shape index (κ1) is 24.0. The molecule has 35 heavy (non-hydrogen) atoms. The van der Waals surface area contributed by atoms with Crippen molar-refractivity contribution in [3.63, 3.8) is 0 Å². The highest BCUT2D eigenvalue weighted by Gasteiger charge is 2.29. The number of carboxylic acids is 1. The molecule has 0 aliphatic heterocycles. The van der Waals surface area contributed by atoms with E-state index >= 15 is 0 Å². The average Bonchev–Trinajstić information content (AvgIpc) is 3.17. The minimum atomic E-state index is -1.05. The molecule has 7 heteroatoms. The molecular weight excluding hydrogens is 444 g/mol. The van der Waals surface area contributed by atoms with Gasteiger partial charge in [-0.1, -0.05) is 55.5 Å². The lowest BCUT2D eigenvalue weighted by molar-refractivity contribution is -0.142. The number of hydrogen-bond donors (Lipinski definition) is 2. The number of likely N-dealkylation sites (N-methyl/N-ethyl adjacent to an activating group) is 1. The summed E-state index contributed by atoms with van der Waals surface area (Å²) < 4.78 is 5.60. The van der Waals surface area contributed by atoms with Gasteiger partial charge in [0, 0.05) is 24.2 Å². The Balaban J connectivity index is 1.42. The van der Waals surface area contributed by atoms with E-state index in [1.807, 2.05) is 24.3 Å². The van der Waals surface area contributed by atoms with Crippen LogP contribution in [0.15, 0.2) is 66.7 Å². The number of ether oxygens (including phenoxy) is 1. The van der Waals surface area contributed by atoms with Crippen LogP contribution in [0.4, 0.5) is 10.5 Å². The van der Waals surface area contributed by atoms with Crippen LogP contribution in [0.25, 0.3) is 11.1 Å². The van der Waals surface area contributed by atoms with Crippen LogP contribution in [0.2, 0.25) is 0 Å². The first-order chi connectivity index (χ1) is 16.8. The zero-order valence-corrected chi connectivity index (χ0v) is 19.9. The molecule has 1 atom stereocenters. The van der Waals surface area contributed by atoms with Crippen molar-refractivity contribution in [3.8, 4) is 11.1 Å². The van der Waals surface area contributed by atoms with Gasteiger partial charge >= 0.3 is 12.1 Å². The predicted octanol–water partition coefficient (Wildman–Crippen LogP) is 5.29. The summed E-state index contributed by atoms with van der Waals surface area (Å²) in [7, 11) is 1.48. The Kier molecular flexibility index (Phi) is 6.87. The van der Waals surface area contributed by atoms with Crippen molar-refractivity contribution in [2.45, 2.75) is 32.2 Å². The number of carbonyl (C=O) groups is 3. The lowest BCUT2D eigenvalue weighted by Crippen LogP contribution is -2.42. The van der Waals surface area contributed by atoms with Crippen LogP contribution in [-0.4, -0.2) is 47.7 Å². The van der Waals surface area contributed by atoms with E-state index in [2.05, 4.69) is 29.6 Å². The standard InChI is InChI=1S/C28H28N2O5/c1-4-25(27(32)33)30(3)26(31)18-13-14-24(17(2)15-18)29-28(34)35-16-23-21-11-7-5-9-19(21)20-10-6-8-12-22(20)23/h5-15,23,25H,4,16H2,1-3H3,(H,29,34)(H,32,33). The highest BCUT2D eigenvalue weighted by atomic mass is 16.5. The summed E-state index contributed by atoms with van der Waals surface area (Å²) in [6.07, 6.45) is -0.277. The second-order valence-electron chi connectivity index (χ2n) is 8.66. The average molecular weight is 473 g/mol. The number of carboxylic acid groups (broad SMARTS) is 1. The van der Waals surface area contributed by atoms with E-state index in [-0.39, 0.29) is 12.5 Å². The molecule has 1 unspecified atom stereocenters. The Morgan fingerprint density at radius 1 is 1.00 bits per heavy atom. The monoisotopic (exact) mass is 472 g/mol. The number of carbonyl (C=O) groups excluding carboxylic acids is 2. The van der Waals surface area contributed by atoms with Gasteiger partial charge in [-0.2, -0.15) is 0 Å². The summed E-state index contributed by atoms with van der Waals surface area (Å²) in [5.41, 5.74) is 6.13. The van der Waals surface area contributed by atoms with Crippen molar-refractivity contribution in [2.75, 3.05) is 19.0 Å². The van der Waals surface area contributed by atoms with E-state index in [1.165, 1.54) is 11.9 Å². The molecular formula is C28H28N2O5. The number of aryl methyl sites for hydroxylation is 1. The van der Waals surface area contributed by atoms with E-state index < -0.39 is 24.0 Å². The van der Waals surface area contributed by atoms with Crippen LogP contribution in [-0.2, 0) is 9.53 Å². The van der Waals surface area contributed by atoms with Crippen LogP contribution in [0, 0.1) is 6.92 Å². The van der Waals surface area contributed by atoms with E-state index in [4.69, 9.17) is 4.74 Å². The van der Waals surface area contributed by atoms with Gasteiger partial charge in [-0.15, -0.1) is 0 Å². The van der Waals surface area contributed by atoms with E-state index in [9.17, 15) is 19.5 Å². The van der Waals surface area contributed by atoms with Gasteiger partial charge in [0.25, 0.3) is 5.91 Å². The molecule has 3 aromatic carbocycles. The van der Waals surface area contributed by atoms with Crippen molar-refractivity contribution in [3.05, 3.63) is 89.0 Å². The molecule has 2 amide bonds. The summed E-state index contributed by atoms with van der Waals surface area (Å²) in [6, 6.07) is 20.2. The fourth-order valence-corrected chi connectivity index (χ4v) is 4.64. The van der Waals surface area contributed by atoms with E-state index in [0.717, 1.165) is 22.3 Å². The number of fused-ring (bicyclic) bond motifs is 3. The third-order valence-electron chi connectivity index (χ3n) is 6.51. The molecule has 0 heterocycles. The molecule has 0 bridgehead atoms. The van der Waals surface area contributed by atoms with Gasteiger partial charge in [-0.3, -0.25) is 10.1 Å². The number of aliphatic carboxylic acids is 1. The molecule has 0 spiro atoms. The van der Waals surface area contributed by atoms with Gasteiger partial charge in [-0.25, -0.2) is 9.59 Å². The van der Waals surface area contributed by atoms with Gasteiger partial charge < -0.3 is 14.7 Å². The van der Waals surface area contributed by atoms with Crippen molar-refractivity contribution < 1.29 is 24.2 Å². The second-order valence-corrected chi connectivity index (χ2v) is 8.66. The molecule has 0 fully saturated rings. The topological polar surface area (TPSA) is 95.9 Å². The zero-order chi connectivity index (χ0) is 25.1. The molecule has 7 nitrogen and oxygen atoms in total. The lowest BCUT2D eigenvalue weighted by Gasteiger charge is -2.24. The van der Waals surface area contributed by atoms with Crippen LogP contribution in [0.1, 0.15) is 46.3 Å². The SMILES string of the molecule is CCC(C(=O)O)N(C)C(=O)c1ccc(NC(=O)OCC2c3ccccc3-c3ccccc32)c(C)c1. The maximum atomic E-state index is 12.7. The number of rotatable bonds is 7. The van der Waals surface area contributed by atoms with Crippen LogP contribution >= 0.6 is 0 Å². The molecule has 0 saturated carbocycles. The van der Waals surface area contributed by atoms with Crippen LogP contribution in [0.3, 0.4) is 0 Å². The fourth-order valence-electron chi connectivity index (χ4n) is 4.64. The number of amides is 2. The minimum Gasteiger partial charge on any atom is -0.480 e. The molecule has 0 saturated heterocycles. The normalized spacial score (nSPS) is 12.9. The Labute approximate surface area is 204 Å². The third-order valence-corrected chi connectivity index (χ3v) is 6.51. The highest BCUT2D eigenvalue weighted by Crippen LogP contribution is 2.44. The lowest BCUT2D eigenvalue weighted by atomic mass is 9.98. The van der Waals surface area contributed by atoms with Gasteiger partial charge in [0.1, 0.15) is 12.6 Å².